The number of nitrogens with zero attached hydrogens (tertiary/aromatic N) is 1. The van der Waals surface area contributed by atoms with Crippen molar-refractivity contribution in [2.45, 2.75) is 46.2 Å². The summed E-state index contributed by atoms with van der Waals surface area (Å²) in [5.74, 6) is -0.364. The van der Waals surface area contributed by atoms with E-state index in [0.29, 0.717) is 28.6 Å². The maximum atomic E-state index is 13.8. The smallest absolute Gasteiger partial charge is 0.243 e. The molecule has 0 saturated carbocycles. The molecule has 3 aromatic carbocycles. The number of hydrogen-bond donors (Lipinski definition) is 1. The van der Waals surface area contributed by atoms with Gasteiger partial charge < -0.3 is 10.2 Å². The topological polar surface area (TPSA) is 49.4 Å². The van der Waals surface area contributed by atoms with Crippen LogP contribution in [-0.4, -0.2) is 29.3 Å². The van der Waals surface area contributed by atoms with Gasteiger partial charge in [-0.3, -0.25) is 9.59 Å². The van der Waals surface area contributed by atoms with Gasteiger partial charge in [-0.25, -0.2) is 0 Å². The van der Waals surface area contributed by atoms with Crippen LogP contribution in [0.2, 0.25) is 10.0 Å². The number of hydrogen-bond acceptors (Lipinski definition) is 2. The molecular weight excluding hydrogens is 467 g/mol. The zero-order valence-electron chi connectivity index (χ0n) is 19.8. The number of carbonyl (C=O) groups is 2. The number of likely N-dealkylation sites (N-methyl/N-ethyl adjacent to an activating group) is 1. The SMILES string of the molecule is CCNC(=O)[C@@H](Cc1ccccc1)N(Cc1c(Cl)cccc1Cl)C(=O)Cc1cc(C)cc(C)c1. The Morgan fingerprint density at radius 1 is 0.882 bits per heavy atom. The Bertz CT molecular complexity index is 1110. The summed E-state index contributed by atoms with van der Waals surface area (Å²) in [4.78, 5) is 28.6. The average molecular weight is 497 g/mol. The molecular formula is C28H30Cl2N2O2. The van der Waals surface area contributed by atoms with E-state index in [1.807, 2.05) is 63.2 Å². The second-order valence-electron chi connectivity index (χ2n) is 8.49. The normalized spacial score (nSPS) is 11.7. The fourth-order valence-electron chi connectivity index (χ4n) is 4.15. The van der Waals surface area contributed by atoms with Gasteiger partial charge in [-0.05, 0) is 44.0 Å². The van der Waals surface area contributed by atoms with Crippen molar-refractivity contribution >= 4 is 35.0 Å². The molecule has 34 heavy (non-hydrogen) atoms. The third kappa shape index (κ3) is 6.85. The van der Waals surface area contributed by atoms with Gasteiger partial charge in [-0.15, -0.1) is 0 Å². The molecule has 0 fully saturated rings. The molecule has 0 aliphatic rings. The Kier molecular flexibility index (Phi) is 9.14. The van der Waals surface area contributed by atoms with Gasteiger partial charge in [-0.2, -0.15) is 0 Å². The van der Waals surface area contributed by atoms with E-state index < -0.39 is 6.04 Å². The Hall–Kier alpha value is -2.82. The Balaban J connectivity index is 2.02. The Morgan fingerprint density at radius 3 is 2.09 bits per heavy atom. The number of amides is 2. The third-order valence-corrected chi connectivity index (χ3v) is 6.36. The fraction of sp³-hybridized carbons (Fsp3) is 0.286. The first-order chi connectivity index (χ1) is 16.3. The number of rotatable bonds is 9. The summed E-state index contributed by atoms with van der Waals surface area (Å²) >= 11 is 12.9. The first-order valence-corrected chi connectivity index (χ1v) is 12.1. The van der Waals surface area contributed by atoms with Crippen LogP contribution in [0.15, 0.2) is 66.7 Å². The molecule has 2 amide bonds. The molecule has 0 bridgehead atoms. The lowest BCUT2D eigenvalue weighted by atomic mass is 10.0. The standard InChI is InChI=1S/C28H30Cl2N2O2/c1-4-31-28(34)26(16-21-9-6-5-7-10-21)32(18-23-24(29)11-8-12-25(23)30)27(33)17-22-14-19(2)13-20(3)15-22/h5-15,26H,4,16-18H2,1-3H3,(H,31,34)/t26-/m1/s1. The lowest BCUT2D eigenvalue weighted by Crippen LogP contribution is -2.51. The van der Waals surface area contributed by atoms with Gasteiger partial charge in [0.05, 0.1) is 6.42 Å². The predicted octanol–water partition coefficient (Wildman–Crippen LogP) is 5.93. The second kappa shape index (κ2) is 12.0. The van der Waals surface area contributed by atoms with Gasteiger partial charge in [0.15, 0.2) is 0 Å². The highest BCUT2D eigenvalue weighted by molar-refractivity contribution is 6.36. The average Bonchev–Trinajstić information content (AvgIpc) is 2.78. The van der Waals surface area contributed by atoms with E-state index in [2.05, 4.69) is 11.4 Å². The van der Waals surface area contributed by atoms with Crippen LogP contribution in [-0.2, 0) is 29.0 Å². The molecule has 0 radical (unpaired) electrons. The summed E-state index contributed by atoms with van der Waals surface area (Å²) in [6.07, 6.45) is 0.558. The minimum atomic E-state index is -0.715. The largest absolute Gasteiger partial charge is 0.355 e. The van der Waals surface area contributed by atoms with Gasteiger partial charge in [0, 0.05) is 35.1 Å². The van der Waals surface area contributed by atoms with Crippen LogP contribution in [0.1, 0.15) is 34.7 Å². The van der Waals surface area contributed by atoms with Crippen molar-refractivity contribution in [2.75, 3.05) is 6.54 Å². The maximum absolute atomic E-state index is 13.8. The van der Waals surface area contributed by atoms with Crippen molar-refractivity contribution in [3.8, 4) is 0 Å². The van der Waals surface area contributed by atoms with E-state index >= 15 is 0 Å². The Morgan fingerprint density at radius 2 is 1.50 bits per heavy atom. The highest BCUT2D eigenvalue weighted by Gasteiger charge is 2.31. The number of nitrogens with one attached hydrogen (secondary N) is 1. The van der Waals surface area contributed by atoms with Crippen LogP contribution in [0.4, 0.5) is 0 Å². The van der Waals surface area contributed by atoms with Gasteiger partial charge in [0.1, 0.15) is 6.04 Å². The summed E-state index contributed by atoms with van der Waals surface area (Å²) in [5, 5.41) is 3.83. The van der Waals surface area contributed by atoms with E-state index in [0.717, 1.165) is 22.3 Å². The zero-order chi connectivity index (χ0) is 24.7. The number of benzene rings is 3. The minimum Gasteiger partial charge on any atom is -0.355 e. The first-order valence-electron chi connectivity index (χ1n) is 11.4. The molecule has 0 heterocycles. The lowest BCUT2D eigenvalue weighted by molar-refractivity contribution is -0.140. The van der Waals surface area contributed by atoms with E-state index in [9.17, 15) is 9.59 Å². The molecule has 0 saturated heterocycles. The zero-order valence-corrected chi connectivity index (χ0v) is 21.3. The molecule has 6 heteroatoms. The molecule has 0 spiro atoms. The van der Waals surface area contributed by atoms with Crippen LogP contribution in [0.25, 0.3) is 0 Å². The fourth-order valence-corrected chi connectivity index (χ4v) is 4.66. The van der Waals surface area contributed by atoms with Gasteiger partial charge >= 0.3 is 0 Å². The lowest BCUT2D eigenvalue weighted by Gasteiger charge is -2.32. The first kappa shape index (κ1) is 25.8. The van der Waals surface area contributed by atoms with Gasteiger partial charge in [0.2, 0.25) is 11.8 Å². The molecule has 0 aliphatic carbocycles. The molecule has 0 aromatic heterocycles. The van der Waals surface area contributed by atoms with Crippen molar-refractivity contribution in [1.82, 2.24) is 10.2 Å². The number of halogens is 2. The molecule has 0 unspecified atom stereocenters. The molecule has 4 nitrogen and oxygen atoms in total. The van der Waals surface area contributed by atoms with Gasteiger partial charge in [-0.1, -0.05) is 88.9 Å². The van der Waals surface area contributed by atoms with Crippen LogP contribution in [0.3, 0.4) is 0 Å². The van der Waals surface area contributed by atoms with Crippen LogP contribution >= 0.6 is 23.2 Å². The van der Waals surface area contributed by atoms with E-state index in [-0.39, 0.29) is 24.8 Å². The molecule has 3 rings (SSSR count). The molecule has 1 N–H and O–H groups in total. The molecule has 178 valence electrons. The van der Waals surface area contributed by atoms with Crippen LogP contribution < -0.4 is 5.32 Å². The number of carbonyl (C=O) groups excluding carboxylic acids is 2. The van der Waals surface area contributed by atoms with Crippen molar-refractivity contribution in [1.29, 1.82) is 0 Å². The van der Waals surface area contributed by atoms with Crippen molar-refractivity contribution in [3.63, 3.8) is 0 Å². The summed E-state index contributed by atoms with van der Waals surface area (Å²) in [7, 11) is 0. The Labute approximate surface area is 211 Å². The minimum absolute atomic E-state index is 0.136. The van der Waals surface area contributed by atoms with Crippen molar-refractivity contribution in [2.24, 2.45) is 0 Å². The number of aryl methyl sites for hydroxylation is 2. The second-order valence-corrected chi connectivity index (χ2v) is 9.31. The summed E-state index contributed by atoms with van der Waals surface area (Å²) in [6.45, 7) is 6.49. The summed E-state index contributed by atoms with van der Waals surface area (Å²) in [5.41, 5.74) is 4.68. The van der Waals surface area contributed by atoms with Crippen LogP contribution in [0.5, 0.6) is 0 Å². The van der Waals surface area contributed by atoms with Crippen LogP contribution in [0, 0.1) is 13.8 Å². The highest BCUT2D eigenvalue weighted by atomic mass is 35.5. The van der Waals surface area contributed by atoms with Gasteiger partial charge in [0.25, 0.3) is 0 Å². The summed E-state index contributed by atoms with van der Waals surface area (Å²) < 4.78 is 0. The quantitative estimate of drug-likeness (QED) is 0.399. The molecule has 1 atom stereocenters. The van der Waals surface area contributed by atoms with E-state index in [4.69, 9.17) is 23.2 Å². The predicted molar refractivity (Wildman–Crippen MR) is 139 cm³/mol. The molecule has 0 aliphatic heterocycles. The molecule has 3 aromatic rings. The summed E-state index contributed by atoms with van der Waals surface area (Å²) in [6, 6.07) is 20.3. The third-order valence-electron chi connectivity index (χ3n) is 5.65. The highest BCUT2D eigenvalue weighted by Crippen LogP contribution is 2.27. The maximum Gasteiger partial charge on any atom is 0.243 e. The van der Waals surface area contributed by atoms with Crippen molar-refractivity contribution < 1.29 is 9.59 Å². The van der Waals surface area contributed by atoms with E-state index in [1.54, 1.807) is 23.1 Å². The monoisotopic (exact) mass is 496 g/mol. The van der Waals surface area contributed by atoms with E-state index in [1.165, 1.54) is 0 Å². The van der Waals surface area contributed by atoms with Crippen molar-refractivity contribution in [3.05, 3.63) is 105 Å².